The number of hydrogen-bond donors (Lipinski definition) is 1. The molecule has 0 aromatic carbocycles. The Balaban J connectivity index is 3.95. The van der Waals surface area contributed by atoms with E-state index in [1.165, 1.54) is 0 Å². The molecule has 0 fully saturated rings. The fraction of sp³-hybridized carbons (Fsp3) is 0.900. The van der Waals surface area contributed by atoms with Crippen molar-refractivity contribution in [2.75, 3.05) is 5.33 Å². The standard InChI is InChI=1S/C10H20BrNO2/c1-7(6-11)8(2)12-9(13)14-10(3,4)5/h7-8H,6H2,1-5H3,(H,12,13). The third-order valence-electron chi connectivity index (χ3n) is 1.84. The van der Waals surface area contributed by atoms with E-state index in [1.54, 1.807) is 0 Å². The van der Waals surface area contributed by atoms with Crippen LogP contribution in [0.4, 0.5) is 4.79 Å². The van der Waals surface area contributed by atoms with Crippen LogP contribution in [0.15, 0.2) is 0 Å². The van der Waals surface area contributed by atoms with E-state index in [2.05, 4.69) is 28.2 Å². The number of rotatable bonds is 3. The maximum atomic E-state index is 11.3. The zero-order chi connectivity index (χ0) is 11.4. The van der Waals surface area contributed by atoms with Gasteiger partial charge in [0.05, 0.1) is 0 Å². The smallest absolute Gasteiger partial charge is 0.407 e. The van der Waals surface area contributed by atoms with Crippen LogP contribution in [-0.4, -0.2) is 23.1 Å². The van der Waals surface area contributed by atoms with Gasteiger partial charge in [-0.05, 0) is 33.6 Å². The summed E-state index contributed by atoms with van der Waals surface area (Å²) in [6, 6.07) is 0.115. The third kappa shape index (κ3) is 6.24. The van der Waals surface area contributed by atoms with E-state index in [1.807, 2.05) is 27.7 Å². The number of alkyl carbamates (subject to hydrolysis) is 1. The molecule has 4 heteroatoms. The van der Waals surface area contributed by atoms with Crippen molar-refractivity contribution in [1.82, 2.24) is 5.32 Å². The largest absolute Gasteiger partial charge is 0.444 e. The average molecular weight is 266 g/mol. The Morgan fingerprint density at radius 3 is 2.29 bits per heavy atom. The summed E-state index contributed by atoms with van der Waals surface area (Å²) in [6.45, 7) is 9.59. The summed E-state index contributed by atoms with van der Waals surface area (Å²) in [5, 5.41) is 3.66. The molecule has 0 aromatic rings. The Kier molecular flexibility index (Phi) is 5.49. The first kappa shape index (κ1) is 13.8. The van der Waals surface area contributed by atoms with Crippen LogP contribution in [0.25, 0.3) is 0 Å². The van der Waals surface area contributed by atoms with Gasteiger partial charge in [0.2, 0.25) is 0 Å². The molecule has 0 aliphatic carbocycles. The summed E-state index contributed by atoms with van der Waals surface area (Å²) in [7, 11) is 0. The van der Waals surface area contributed by atoms with Gasteiger partial charge in [-0.3, -0.25) is 0 Å². The Bertz CT molecular complexity index is 189. The highest BCUT2D eigenvalue weighted by Crippen LogP contribution is 2.09. The summed E-state index contributed by atoms with van der Waals surface area (Å²) in [5.74, 6) is 0.391. The predicted molar refractivity (Wildman–Crippen MR) is 61.8 cm³/mol. The Morgan fingerprint density at radius 2 is 1.93 bits per heavy atom. The van der Waals surface area contributed by atoms with E-state index in [4.69, 9.17) is 4.74 Å². The molecule has 3 nitrogen and oxygen atoms in total. The van der Waals surface area contributed by atoms with Crippen LogP contribution in [0.2, 0.25) is 0 Å². The first-order valence-corrected chi connectivity index (χ1v) is 5.94. The molecule has 0 aromatic heterocycles. The Labute approximate surface area is 94.7 Å². The van der Waals surface area contributed by atoms with Crippen molar-refractivity contribution in [1.29, 1.82) is 0 Å². The average Bonchev–Trinajstić information content (AvgIpc) is 1.99. The van der Waals surface area contributed by atoms with Crippen LogP contribution in [-0.2, 0) is 4.74 Å². The van der Waals surface area contributed by atoms with Crippen LogP contribution >= 0.6 is 15.9 Å². The highest BCUT2D eigenvalue weighted by Gasteiger charge is 2.19. The lowest BCUT2D eigenvalue weighted by molar-refractivity contribution is 0.0497. The monoisotopic (exact) mass is 265 g/mol. The number of carbonyl (C=O) groups is 1. The zero-order valence-electron chi connectivity index (χ0n) is 9.56. The minimum absolute atomic E-state index is 0.115. The molecule has 0 saturated carbocycles. The molecular weight excluding hydrogens is 246 g/mol. The van der Waals surface area contributed by atoms with Crippen molar-refractivity contribution in [3.63, 3.8) is 0 Å². The van der Waals surface area contributed by atoms with Gasteiger partial charge in [-0.25, -0.2) is 4.79 Å². The maximum Gasteiger partial charge on any atom is 0.407 e. The Morgan fingerprint density at radius 1 is 1.43 bits per heavy atom. The van der Waals surface area contributed by atoms with Crippen molar-refractivity contribution in [2.24, 2.45) is 5.92 Å². The molecule has 1 N–H and O–H groups in total. The number of carbonyl (C=O) groups excluding carboxylic acids is 1. The Hall–Kier alpha value is -0.250. The summed E-state index contributed by atoms with van der Waals surface area (Å²) >= 11 is 3.37. The fourth-order valence-electron chi connectivity index (χ4n) is 0.769. The zero-order valence-corrected chi connectivity index (χ0v) is 11.1. The topological polar surface area (TPSA) is 38.3 Å². The molecule has 14 heavy (non-hydrogen) atoms. The van der Waals surface area contributed by atoms with Gasteiger partial charge in [-0.2, -0.15) is 0 Å². The molecule has 0 rings (SSSR count). The number of alkyl halides is 1. The molecule has 0 aliphatic rings. The van der Waals surface area contributed by atoms with Crippen molar-refractivity contribution < 1.29 is 9.53 Å². The van der Waals surface area contributed by atoms with Crippen LogP contribution < -0.4 is 5.32 Å². The van der Waals surface area contributed by atoms with Crippen molar-refractivity contribution in [3.05, 3.63) is 0 Å². The van der Waals surface area contributed by atoms with Gasteiger partial charge in [-0.1, -0.05) is 22.9 Å². The molecule has 0 aliphatic heterocycles. The van der Waals surface area contributed by atoms with Crippen molar-refractivity contribution >= 4 is 22.0 Å². The summed E-state index contributed by atoms with van der Waals surface area (Å²) in [6.07, 6.45) is -0.349. The van der Waals surface area contributed by atoms with Gasteiger partial charge in [0.15, 0.2) is 0 Å². The second-order valence-corrected chi connectivity index (χ2v) is 5.21. The van der Waals surface area contributed by atoms with E-state index in [0.29, 0.717) is 5.92 Å². The van der Waals surface area contributed by atoms with E-state index in [-0.39, 0.29) is 12.1 Å². The molecule has 0 radical (unpaired) electrons. The molecule has 2 unspecified atom stereocenters. The minimum atomic E-state index is -0.429. The van der Waals surface area contributed by atoms with Gasteiger partial charge in [0.25, 0.3) is 0 Å². The predicted octanol–water partition coefficient (Wildman–Crippen LogP) is 2.93. The molecule has 0 spiro atoms. The molecule has 84 valence electrons. The summed E-state index contributed by atoms with van der Waals surface area (Å²) < 4.78 is 5.14. The van der Waals surface area contributed by atoms with E-state index >= 15 is 0 Å². The van der Waals surface area contributed by atoms with Gasteiger partial charge in [0.1, 0.15) is 5.60 Å². The highest BCUT2D eigenvalue weighted by molar-refractivity contribution is 9.09. The molecule has 0 bridgehead atoms. The molecule has 2 atom stereocenters. The van der Waals surface area contributed by atoms with Crippen molar-refractivity contribution in [3.8, 4) is 0 Å². The first-order chi connectivity index (χ1) is 6.26. The van der Waals surface area contributed by atoms with Gasteiger partial charge in [-0.15, -0.1) is 0 Å². The molecule has 0 saturated heterocycles. The van der Waals surface area contributed by atoms with Crippen LogP contribution in [0.3, 0.4) is 0 Å². The highest BCUT2D eigenvalue weighted by atomic mass is 79.9. The van der Waals surface area contributed by atoms with E-state index in [0.717, 1.165) is 5.33 Å². The molecular formula is C10H20BrNO2. The lowest BCUT2D eigenvalue weighted by Gasteiger charge is -2.24. The number of nitrogens with one attached hydrogen (secondary N) is 1. The SMILES string of the molecule is CC(CBr)C(C)NC(=O)OC(C)(C)C. The molecule has 1 amide bonds. The van der Waals surface area contributed by atoms with Crippen molar-refractivity contribution in [2.45, 2.75) is 46.3 Å². The quantitative estimate of drug-likeness (QED) is 0.797. The van der Waals surface area contributed by atoms with Crippen LogP contribution in [0.5, 0.6) is 0 Å². The lowest BCUT2D eigenvalue weighted by Crippen LogP contribution is -2.41. The van der Waals surface area contributed by atoms with Crippen LogP contribution in [0, 0.1) is 5.92 Å². The third-order valence-corrected chi connectivity index (χ3v) is 2.86. The number of amides is 1. The lowest BCUT2D eigenvalue weighted by atomic mass is 10.1. The summed E-state index contributed by atoms with van der Waals surface area (Å²) in [5.41, 5.74) is -0.429. The number of ether oxygens (including phenoxy) is 1. The second-order valence-electron chi connectivity index (χ2n) is 4.57. The normalized spacial score (nSPS) is 15.9. The van der Waals surface area contributed by atoms with E-state index < -0.39 is 5.60 Å². The first-order valence-electron chi connectivity index (χ1n) is 4.81. The van der Waals surface area contributed by atoms with Gasteiger partial charge >= 0.3 is 6.09 Å². The number of hydrogen-bond acceptors (Lipinski definition) is 2. The second kappa shape index (κ2) is 5.59. The van der Waals surface area contributed by atoms with Gasteiger partial charge in [0, 0.05) is 11.4 Å². The fourth-order valence-corrected chi connectivity index (χ4v) is 1.33. The van der Waals surface area contributed by atoms with Gasteiger partial charge < -0.3 is 10.1 Å². The minimum Gasteiger partial charge on any atom is -0.444 e. The summed E-state index contributed by atoms with van der Waals surface area (Å²) in [4.78, 5) is 11.3. The van der Waals surface area contributed by atoms with E-state index in [9.17, 15) is 4.79 Å². The molecule has 0 heterocycles. The van der Waals surface area contributed by atoms with Crippen LogP contribution in [0.1, 0.15) is 34.6 Å². The maximum absolute atomic E-state index is 11.3. The number of halogens is 1.